The number of benzene rings is 1. The normalized spacial score (nSPS) is 21.0. The largest absolute Gasteiger partial charge is 0.480 e. The van der Waals surface area contributed by atoms with Gasteiger partial charge < -0.3 is 9.84 Å². The number of carbonyl (C=O) groups excluding carboxylic acids is 1. The van der Waals surface area contributed by atoms with Gasteiger partial charge >= 0.3 is 12.1 Å². The quantitative estimate of drug-likeness (QED) is 0.905. The van der Waals surface area contributed by atoms with E-state index in [2.05, 4.69) is 6.92 Å². The van der Waals surface area contributed by atoms with Crippen LogP contribution in [0.3, 0.4) is 0 Å². The molecule has 1 N–H and O–H groups in total. The van der Waals surface area contributed by atoms with Crippen molar-refractivity contribution < 1.29 is 19.4 Å². The van der Waals surface area contributed by atoms with Crippen molar-refractivity contribution in [2.24, 2.45) is 5.92 Å². The second kappa shape index (κ2) is 7.11. The van der Waals surface area contributed by atoms with E-state index in [0.717, 1.165) is 24.8 Å². The van der Waals surface area contributed by atoms with Gasteiger partial charge in [0.1, 0.15) is 13.2 Å². The first-order valence-electron chi connectivity index (χ1n) is 7.25. The van der Waals surface area contributed by atoms with Crippen molar-refractivity contribution in [3.8, 4) is 0 Å². The first kappa shape index (κ1) is 15.4. The van der Waals surface area contributed by atoms with Crippen molar-refractivity contribution in [1.29, 1.82) is 0 Å². The summed E-state index contributed by atoms with van der Waals surface area (Å²) in [6, 6.07) is 9.34. The molecule has 5 nitrogen and oxygen atoms in total. The molecule has 1 aromatic carbocycles. The molecular weight excluding hydrogens is 270 g/mol. The summed E-state index contributed by atoms with van der Waals surface area (Å²) in [7, 11) is 0. The molecule has 1 aliphatic rings. The van der Waals surface area contributed by atoms with Gasteiger partial charge in [0.05, 0.1) is 0 Å². The lowest BCUT2D eigenvalue weighted by molar-refractivity contribution is -0.138. The maximum absolute atomic E-state index is 12.2. The van der Waals surface area contributed by atoms with Crippen LogP contribution in [0.1, 0.15) is 31.7 Å². The molecule has 114 valence electrons. The van der Waals surface area contributed by atoms with Gasteiger partial charge in [0.2, 0.25) is 0 Å². The van der Waals surface area contributed by atoms with Gasteiger partial charge in [0.25, 0.3) is 0 Å². The molecule has 0 saturated heterocycles. The minimum absolute atomic E-state index is 0.0284. The number of aliphatic carboxylic acids is 1. The summed E-state index contributed by atoms with van der Waals surface area (Å²) in [6.07, 6.45) is 2.16. The van der Waals surface area contributed by atoms with Crippen LogP contribution in [0.5, 0.6) is 0 Å². The average Bonchev–Trinajstić information content (AvgIpc) is 2.89. The zero-order valence-corrected chi connectivity index (χ0v) is 12.2. The highest BCUT2D eigenvalue weighted by molar-refractivity contribution is 5.77. The third-order valence-electron chi connectivity index (χ3n) is 3.85. The molecule has 0 spiro atoms. The molecule has 1 amide bonds. The van der Waals surface area contributed by atoms with Gasteiger partial charge in [0.15, 0.2) is 0 Å². The number of hydrogen-bond acceptors (Lipinski definition) is 3. The highest BCUT2D eigenvalue weighted by atomic mass is 16.6. The minimum Gasteiger partial charge on any atom is -0.480 e. The van der Waals surface area contributed by atoms with Crippen molar-refractivity contribution in [1.82, 2.24) is 4.90 Å². The van der Waals surface area contributed by atoms with Crippen LogP contribution >= 0.6 is 0 Å². The molecule has 1 fully saturated rings. The van der Waals surface area contributed by atoms with Crippen LogP contribution in [0.15, 0.2) is 30.3 Å². The number of ether oxygens (including phenoxy) is 1. The van der Waals surface area contributed by atoms with Crippen molar-refractivity contribution in [2.45, 2.75) is 38.8 Å². The Morgan fingerprint density at radius 2 is 2.00 bits per heavy atom. The van der Waals surface area contributed by atoms with Crippen molar-refractivity contribution in [3.63, 3.8) is 0 Å². The number of amides is 1. The average molecular weight is 291 g/mol. The van der Waals surface area contributed by atoms with Gasteiger partial charge in [-0.1, -0.05) is 37.3 Å². The third-order valence-corrected chi connectivity index (χ3v) is 3.85. The molecule has 2 rings (SSSR count). The van der Waals surface area contributed by atoms with Gasteiger partial charge in [-0.2, -0.15) is 0 Å². The second-order valence-corrected chi connectivity index (χ2v) is 5.63. The summed E-state index contributed by atoms with van der Waals surface area (Å²) in [5.74, 6) is -0.487. The highest BCUT2D eigenvalue weighted by Gasteiger charge is 2.32. The van der Waals surface area contributed by atoms with Gasteiger partial charge in [-0.05, 0) is 30.7 Å². The second-order valence-electron chi connectivity index (χ2n) is 5.63. The predicted molar refractivity (Wildman–Crippen MR) is 77.8 cm³/mol. The van der Waals surface area contributed by atoms with Crippen LogP contribution in [0.4, 0.5) is 4.79 Å². The van der Waals surface area contributed by atoms with Crippen LogP contribution in [0, 0.1) is 5.92 Å². The molecule has 0 aliphatic heterocycles. The molecule has 1 aromatic rings. The summed E-state index contributed by atoms with van der Waals surface area (Å²) in [4.78, 5) is 24.5. The number of rotatable bonds is 5. The van der Waals surface area contributed by atoms with E-state index in [1.54, 1.807) is 0 Å². The fraction of sp³-hybridized carbons (Fsp3) is 0.500. The van der Waals surface area contributed by atoms with Crippen molar-refractivity contribution >= 4 is 12.1 Å². The van der Waals surface area contributed by atoms with E-state index < -0.39 is 12.1 Å². The Bertz CT molecular complexity index is 488. The Labute approximate surface area is 124 Å². The van der Waals surface area contributed by atoms with E-state index in [1.165, 1.54) is 4.90 Å². The fourth-order valence-corrected chi connectivity index (χ4v) is 2.75. The van der Waals surface area contributed by atoms with Gasteiger partial charge in [-0.15, -0.1) is 0 Å². The van der Waals surface area contributed by atoms with Crippen molar-refractivity contribution in [2.75, 3.05) is 6.54 Å². The van der Waals surface area contributed by atoms with Crippen LogP contribution in [-0.2, 0) is 16.1 Å². The van der Waals surface area contributed by atoms with Crippen LogP contribution in [0.25, 0.3) is 0 Å². The molecule has 0 aromatic heterocycles. The first-order chi connectivity index (χ1) is 10.1. The van der Waals surface area contributed by atoms with E-state index in [4.69, 9.17) is 9.84 Å². The number of carboxylic acid groups (broad SMARTS) is 1. The maximum Gasteiger partial charge on any atom is 0.410 e. The molecule has 0 heterocycles. The summed E-state index contributed by atoms with van der Waals surface area (Å²) in [6.45, 7) is 1.98. The Hall–Kier alpha value is -2.04. The third kappa shape index (κ3) is 4.48. The fourth-order valence-electron chi connectivity index (χ4n) is 2.75. The number of carbonyl (C=O) groups is 2. The number of hydrogen-bond donors (Lipinski definition) is 1. The van der Waals surface area contributed by atoms with Gasteiger partial charge in [0, 0.05) is 6.04 Å². The van der Waals surface area contributed by atoms with Crippen molar-refractivity contribution in [3.05, 3.63) is 35.9 Å². The summed E-state index contributed by atoms with van der Waals surface area (Å²) in [5, 5.41) is 8.99. The molecular formula is C16H21NO4. The predicted octanol–water partition coefficient (Wildman–Crippen LogP) is 2.90. The molecule has 2 atom stereocenters. The Balaban J connectivity index is 1.95. The van der Waals surface area contributed by atoms with E-state index in [0.29, 0.717) is 5.92 Å². The zero-order valence-electron chi connectivity index (χ0n) is 12.2. The molecule has 1 saturated carbocycles. The lowest BCUT2D eigenvalue weighted by atomic mass is 10.1. The Morgan fingerprint density at radius 3 is 2.57 bits per heavy atom. The standard InChI is InChI=1S/C16H21NO4/c1-12-7-8-14(9-12)17(10-15(18)19)16(20)21-11-13-5-3-2-4-6-13/h2-6,12,14H,7-11H2,1H3,(H,18,19)/t12-,14-/m0/s1. The highest BCUT2D eigenvalue weighted by Crippen LogP contribution is 2.29. The first-order valence-corrected chi connectivity index (χ1v) is 7.25. The monoisotopic (exact) mass is 291 g/mol. The van der Waals surface area contributed by atoms with E-state index in [1.807, 2.05) is 30.3 Å². The molecule has 0 radical (unpaired) electrons. The van der Waals surface area contributed by atoms with Crippen LogP contribution in [-0.4, -0.2) is 34.7 Å². The summed E-state index contributed by atoms with van der Waals surface area (Å²) in [5.41, 5.74) is 0.890. The van der Waals surface area contributed by atoms with Gasteiger partial charge in [-0.3, -0.25) is 9.69 Å². The molecule has 1 aliphatic carbocycles. The maximum atomic E-state index is 12.2. The Morgan fingerprint density at radius 1 is 1.29 bits per heavy atom. The molecule has 0 bridgehead atoms. The lowest BCUT2D eigenvalue weighted by Crippen LogP contribution is -2.42. The van der Waals surface area contributed by atoms with E-state index in [9.17, 15) is 9.59 Å². The van der Waals surface area contributed by atoms with E-state index >= 15 is 0 Å². The molecule has 5 heteroatoms. The lowest BCUT2D eigenvalue weighted by Gasteiger charge is -2.26. The number of carboxylic acids is 1. The smallest absolute Gasteiger partial charge is 0.410 e. The van der Waals surface area contributed by atoms with Crippen LogP contribution in [0.2, 0.25) is 0 Å². The summed E-state index contributed by atoms with van der Waals surface area (Å²) < 4.78 is 5.26. The Kier molecular flexibility index (Phi) is 5.20. The molecule has 21 heavy (non-hydrogen) atoms. The number of nitrogens with zero attached hydrogens (tertiary/aromatic N) is 1. The molecule has 0 unspecified atom stereocenters. The van der Waals surface area contributed by atoms with E-state index in [-0.39, 0.29) is 19.2 Å². The zero-order chi connectivity index (χ0) is 15.2. The topological polar surface area (TPSA) is 66.8 Å². The SMILES string of the molecule is C[C@H]1CC[C@H](N(CC(=O)O)C(=O)OCc2ccccc2)C1. The summed E-state index contributed by atoms with van der Waals surface area (Å²) >= 11 is 0. The minimum atomic E-state index is -1.01. The van der Waals surface area contributed by atoms with Gasteiger partial charge in [-0.25, -0.2) is 4.79 Å². The van der Waals surface area contributed by atoms with Crippen LogP contribution < -0.4 is 0 Å².